The molecule has 0 N–H and O–H groups in total. The van der Waals surface area contributed by atoms with Crippen molar-refractivity contribution in [2.24, 2.45) is 0 Å². The van der Waals surface area contributed by atoms with Crippen molar-refractivity contribution in [3.8, 4) is 0 Å². The number of thioether (sulfide) groups is 1. The van der Waals surface area contributed by atoms with Gasteiger partial charge in [-0.25, -0.2) is 9.78 Å². The van der Waals surface area contributed by atoms with E-state index in [9.17, 15) is 4.79 Å². The molecule has 0 spiro atoms. The van der Waals surface area contributed by atoms with Crippen LogP contribution < -0.4 is 0 Å². The number of rotatable bonds is 4. The Morgan fingerprint density at radius 3 is 2.72 bits per heavy atom. The molecule has 0 fully saturated rings. The Labute approximate surface area is 110 Å². The van der Waals surface area contributed by atoms with Gasteiger partial charge in [-0.3, -0.25) is 0 Å². The zero-order valence-corrected chi connectivity index (χ0v) is 11.1. The number of carbonyl (C=O) groups is 1. The van der Waals surface area contributed by atoms with Crippen molar-refractivity contribution in [1.82, 2.24) is 9.55 Å². The van der Waals surface area contributed by atoms with Gasteiger partial charge in [0.25, 0.3) is 0 Å². The number of esters is 1. The first kappa shape index (κ1) is 12.7. The fraction of sp³-hybridized carbons (Fsp3) is 0.231. The molecule has 4 nitrogen and oxygen atoms in total. The summed E-state index contributed by atoms with van der Waals surface area (Å²) in [6.45, 7) is 0.695. The van der Waals surface area contributed by atoms with E-state index in [1.165, 1.54) is 24.4 Å². The van der Waals surface area contributed by atoms with Crippen LogP contribution in [0.5, 0.6) is 0 Å². The highest BCUT2D eigenvalue weighted by Crippen LogP contribution is 2.17. The molecule has 0 unspecified atom stereocenters. The first-order valence-corrected chi connectivity index (χ1v) is 6.70. The molecule has 1 aromatic heterocycles. The molecule has 18 heavy (non-hydrogen) atoms. The molecule has 0 radical (unpaired) electrons. The fourth-order valence-electron chi connectivity index (χ4n) is 1.66. The van der Waals surface area contributed by atoms with Crippen LogP contribution in [0.3, 0.4) is 0 Å². The maximum Gasteiger partial charge on any atom is 0.358 e. The van der Waals surface area contributed by atoms with E-state index in [0.717, 1.165) is 5.16 Å². The summed E-state index contributed by atoms with van der Waals surface area (Å²) < 4.78 is 6.63. The van der Waals surface area contributed by atoms with Gasteiger partial charge in [0.1, 0.15) is 0 Å². The molecule has 5 heteroatoms. The van der Waals surface area contributed by atoms with E-state index in [2.05, 4.69) is 9.72 Å². The minimum atomic E-state index is -0.405. The second kappa shape index (κ2) is 5.73. The number of hydrogen-bond acceptors (Lipinski definition) is 4. The highest BCUT2D eigenvalue weighted by Gasteiger charge is 2.14. The highest BCUT2D eigenvalue weighted by atomic mass is 32.2. The lowest BCUT2D eigenvalue weighted by atomic mass is 10.2. The summed E-state index contributed by atoms with van der Waals surface area (Å²) in [6.07, 6.45) is 3.66. The molecule has 1 heterocycles. The van der Waals surface area contributed by atoms with Crippen LogP contribution in [-0.2, 0) is 11.3 Å². The largest absolute Gasteiger partial charge is 0.464 e. The quantitative estimate of drug-likeness (QED) is 0.627. The Hall–Kier alpha value is -1.75. The lowest BCUT2D eigenvalue weighted by molar-refractivity contribution is 0.0594. The normalized spacial score (nSPS) is 10.3. The molecule has 0 saturated heterocycles. The van der Waals surface area contributed by atoms with Gasteiger partial charge in [-0.05, 0) is 11.8 Å². The predicted molar refractivity (Wildman–Crippen MR) is 70.9 cm³/mol. The van der Waals surface area contributed by atoms with Gasteiger partial charge in [0.05, 0.1) is 7.11 Å². The first-order valence-electron chi connectivity index (χ1n) is 5.48. The van der Waals surface area contributed by atoms with Crippen LogP contribution >= 0.6 is 11.8 Å². The maximum atomic E-state index is 11.4. The number of carbonyl (C=O) groups excluding carboxylic acids is 1. The Morgan fingerprint density at radius 1 is 1.39 bits per heavy atom. The monoisotopic (exact) mass is 262 g/mol. The standard InChI is InChI=1S/C13H14N2O2S/c1-17-12(16)11-9-15(13(14-11)18-2)8-10-6-4-3-5-7-10/h3-7,9H,8H2,1-2H3. The van der Waals surface area contributed by atoms with Crippen LogP contribution in [-0.4, -0.2) is 28.9 Å². The molecule has 0 aliphatic heterocycles. The molecule has 2 rings (SSSR count). The third kappa shape index (κ3) is 2.73. The Kier molecular flexibility index (Phi) is 4.04. The van der Waals surface area contributed by atoms with E-state index in [-0.39, 0.29) is 0 Å². The number of ether oxygens (including phenoxy) is 1. The second-order valence-corrected chi connectivity index (χ2v) is 4.49. The van der Waals surface area contributed by atoms with Gasteiger partial charge < -0.3 is 9.30 Å². The van der Waals surface area contributed by atoms with Gasteiger partial charge in [0, 0.05) is 12.7 Å². The molecule has 0 aliphatic carbocycles. The third-order valence-electron chi connectivity index (χ3n) is 2.51. The number of imidazole rings is 1. The zero-order valence-electron chi connectivity index (χ0n) is 10.3. The Morgan fingerprint density at radius 2 is 2.11 bits per heavy atom. The minimum absolute atomic E-state index is 0.345. The van der Waals surface area contributed by atoms with Crippen LogP contribution in [0.4, 0.5) is 0 Å². The molecule has 0 amide bonds. The topological polar surface area (TPSA) is 44.1 Å². The third-order valence-corrected chi connectivity index (χ3v) is 3.20. The fourth-order valence-corrected chi connectivity index (χ4v) is 2.20. The molecule has 2 aromatic rings. The second-order valence-electron chi connectivity index (χ2n) is 3.72. The number of nitrogens with zero attached hydrogens (tertiary/aromatic N) is 2. The summed E-state index contributed by atoms with van der Waals surface area (Å²) in [4.78, 5) is 15.7. The Bertz CT molecular complexity index is 537. The van der Waals surface area contributed by atoms with Gasteiger partial charge in [-0.1, -0.05) is 42.1 Å². The van der Waals surface area contributed by atoms with Crippen LogP contribution in [0.25, 0.3) is 0 Å². The molecule has 0 aliphatic rings. The van der Waals surface area contributed by atoms with E-state index in [1.54, 1.807) is 6.20 Å². The highest BCUT2D eigenvalue weighted by molar-refractivity contribution is 7.98. The summed E-state index contributed by atoms with van der Waals surface area (Å²) in [5.41, 5.74) is 1.51. The van der Waals surface area contributed by atoms with Crippen LogP contribution in [0.1, 0.15) is 16.1 Å². The van der Waals surface area contributed by atoms with Gasteiger partial charge in [-0.2, -0.15) is 0 Å². The molecular weight excluding hydrogens is 248 g/mol. The summed E-state index contributed by atoms with van der Waals surface area (Å²) in [7, 11) is 1.36. The number of methoxy groups -OCH3 is 1. The smallest absolute Gasteiger partial charge is 0.358 e. The summed E-state index contributed by atoms with van der Waals surface area (Å²) in [6, 6.07) is 10.1. The molecular formula is C13H14N2O2S. The number of hydrogen-bond donors (Lipinski definition) is 0. The number of aromatic nitrogens is 2. The van der Waals surface area contributed by atoms with Crippen molar-refractivity contribution in [2.75, 3.05) is 13.4 Å². The number of benzene rings is 1. The molecule has 0 saturated carbocycles. The van der Waals surface area contributed by atoms with E-state index >= 15 is 0 Å². The lowest BCUT2D eigenvalue weighted by Gasteiger charge is -2.05. The van der Waals surface area contributed by atoms with Gasteiger partial charge in [-0.15, -0.1) is 0 Å². The zero-order chi connectivity index (χ0) is 13.0. The molecule has 0 bridgehead atoms. The molecule has 0 atom stereocenters. The van der Waals surface area contributed by atoms with Crippen LogP contribution in [0, 0.1) is 0 Å². The van der Waals surface area contributed by atoms with Crippen molar-refractivity contribution in [3.63, 3.8) is 0 Å². The SMILES string of the molecule is COC(=O)c1cn(Cc2ccccc2)c(SC)n1. The summed E-state index contributed by atoms with van der Waals surface area (Å²) in [5, 5.41) is 0.805. The first-order chi connectivity index (χ1) is 8.74. The maximum absolute atomic E-state index is 11.4. The van der Waals surface area contributed by atoms with Gasteiger partial charge in [0.2, 0.25) is 0 Å². The lowest BCUT2D eigenvalue weighted by Crippen LogP contribution is -2.01. The summed E-state index contributed by atoms with van der Waals surface area (Å²) >= 11 is 1.51. The van der Waals surface area contributed by atoms with Crippen LogP contribution in [0.15, 0.2) is 41.7 Å². The Balaban J connectivity index is 2.27. The minimum Gasteiger partial charge on any atom is -0.464 e. The van der Waals surface area contributed by atoms with Crippen molar-refractivity contribution in [2.45, 2.75) is 11.7 Å². The summed E-state index contributed by atoms with van der Waals surface area (Å²) in [5.74, 6) is -0.405. The van der Waals surface area contributed by atoms with Gasteiger partial charge >= 0.3 is 5.97 Å². The van der Waals surface area contributed by atoms with E-state index in [4.69, 9.17) is 0 Å². The van der Waals surface area contributed by atoms with Crippen molar-refractivity contribution < 1.29 is 9.53 Å². The van der Waals surface area contributed by atoms with Gasteiger partial charge in [0.15, 0.2) is 10.9 Å². The van der Waals surface area contributed by atoms with E-state index < -0.39 is 5.97 Å². The average molecular weight is 262 g/mol. The predicted octanol–water partition coefficient (Wildman–Crippen LogP) is 2.44. The van der Waals surface area contributed by atoms with Crippen LogP contribution in [0.2, 0.25) is 0 Å². The average Bonchev–Trinajstić information content (AvgIpc) is 2.82. The van der Waals surface area contributed by atoms with Crippen molar-refractivity contribution in [3.05, 3.63) is 47.8 Å². The molecule has 94 valence electrons. The van der Waals surface area contributed by atoms with Crippen molar-refractivity contribution >= 4 is 17.7 Å². The molecule has 1 aromatic carbocycles. The van der Waals surface area contributed by atoms with E-state index in [0.29, 0.717) is 12.2 Å². The van der Waals surface area contributed by atoms with Crippen molar-refractivity contribution in [1.29, 1.82) is 0 Å². The van der Waals surface area contributed by atoms with E-state index in [1.807, 2.05) is 41.2 Å².